The van der Waals surface area contributed by atoms with E-state index in [0.29, 0.717) is 25.4 Å². The minimum absolute atomic E-state index is 0.104. The van der Waals surface area contributed by atoms with Crippen molar-refractivity contribution in [1.82, 2.24) is 4.98 Å². The maximum Gasteiger partial charge on any atom is 0.137 e. The van der Waals surface area contributed by atoms with Crippen molar-refractivity contribution in [2.75, 3.05) is 13.2 Å². The van der Waals surface area contributed by atoms with E-state index in [0.717, 1.165) is 42.6 Å². The SMILES string of the molecule is CC(=O)C(C)Cc1ccc(OCCCCOc2cnc3c(c2)CCCC3)c(C)c1O. The summed E-state index contributed by atoms with van der Waals surface area (Å²) in [5.74, 6) is 1.79. The highest BCUT2D eigenvalue weighted by Crippen LogP contribution is 2.32. The molecule has 0 amide bonds. The van der Waals surface area contributed by atoms with Gasteiger partial charge < -0.3 is 14.6 Å². The number of aromatic hydroxyl groups is 1. The number of Topliss-reactive ketones (excluding diaryl/α,β-unsaturated/α-hetero) is 1. The first-order chi connectivity index (χ1) is 14.5. The molecule has 0 fully saturated rings. The molecule has 5 heteroatoms. The minimum atomic E-state index is -0.104. The number of hydrogen-bond acceptors (Lipinski definition) is 5. The first-order valence-electron chi connectivity index (χ1n) is 11.0. The highest BCUT2D eigenvalue weighted by atomic mass is 16.5. The van der Waals surface area contributed by atoms with Gasteiger partial charge in [-0.25, -0.2) is 0 Å². The second kappa shape index (κ2) is 10.5. The number of nitrogens with zero attached hydrogens (tertiary/aromatic N) is 1. The van der Waals surface area contributed by atoms with Crippen LogP contribution >= 0.6 is 0 Å². The second-order valence-corrected chi connectivity index (χ2v) is 8.30. The van der Waals surface area contributed by atoms with Crippen LogP contribution in [-0.2, 0) is 24.1 Å². The van der Waals surface area contributed by atoms with Crippen LogP contribution in [-0.4, -0.2) is 29.1 Å². The van der Waals surface area contributed by atoms with E-state index in [1.807, 2.05) is 32.2 Å². The van der Waals surface area contributed by atoms with Crippen LogP contribution in [0.25, 0.3) is 0 Å². The Balaban J connectivity index is 1.41. The molecular formula is C25H33NO4. The average Bonchev–Trinajstić information content (AvgIpc) is 2.75. The molecule has 0 radical (unpaired) electrons. The van der Waals surface area contributed by atoms with Gasteiger partial charge in [-0.15, -0.1) is 0 Å². The molecule has 1 heterocycles. The molecule has 1 unspecified atom stereocenters. The maximum absolute atomic E-state index is 11.5. The predicted molar refractivity (Wildman–Crippen MR) is 117 cm³/mol. The highest BCUT2D eigenvalue weighted by molar-refractivity contribution is 5.78. The number of phenolic OH excluding ortho intramolecular Hbond substituents is 1. The largest absolute Gasteiger partial charge is 0.507 e. The normalized spacial score (nSPS) is 14.1. The lowest BCUT2D eigenvalue weighted by molar-refractivity contribution is -0.120. The van der Waals surface area contributed by atoms with Gasteiger partial charge in [0.25, 0.3) is 0 Å². The molecule has 0 spiro atoms. The molecule has 2 aromatic rings. The number of unbranched alkanes of at least 4 members (excludes halogenated alkanes) is 1. The molecule has 0 aliphatic heterocycles. The van der Waals surface area contributed by atoms with Crippen LogP contribution in [0.1, 0.15) is 61.9 Å². The first kappa shape index (κ1) is 22.1. The van der Waals surface area contributed by atoms with Crippen LogP contribution < -0.4 is 9.47 Å². The second-order valence-electron chi connectivity index (χ2n) is 8.30. The fraction of sp³-hybridized carbons (Fsp3) is 0.520. The first-order valence-corrected chi connectivity index (χ1v) is 11.0. The van der Waals surface area contributed by atoms with E-state index in [1.165, 1.54) is 24.1 Å². The quantitative estimate of drug-likeness (QED) is 0.559. The molecule has 0 bridgehead atoms. The summed E-state index contributed by atoms with van der Waals surface area (Å²) in [6.07, 6.45) is 8.78. The molecule has 1 aromatic carbocycles. The van der Waals surface area contributed by atoms with Gasteiger partial charge >= 0.3 is 0 Å². The Hall–Kier alpha value is -2.56. The van der Waals surface area contributed by atoms with Gasteiger partial charge in [-0.2, -0.15) is 0 Å². The van der Waals surface area contributed by atoms with Crippen molar-refractivity contribution in [3.05, 3.63) is 46.8 Å². The Labute approximate surface area is 179 Å². The Morgan fingerprint density at radius 1 is 1.17 bits per heavy atom. The van der Waals surface area contributed by atoms with Gasteiger partial charge in [-0.3, -0.25) is 9.78 Å². The van der Waals surface area contributed by atoms with Crippen molar-refractivity contribution in [3.8, 4) is 17.2 Å². The van der Waals surface area contributed by atoms with Crippen molar-refractivity contribution in [1.29, 1.82) is 0 Å². The lowest BCUT2D eigenvalue weighted by Gasteiger charge is -2.16. The summed E-state index contributed by atoms with van der Waals surface area (Å²) in [6.45, 7) is 6.51. The molecule has 3 rings (SSSR count). The number of aryl methyl sites for hydroxylation is 2. The van der Waals surface area contributed by atoms with Crippen molar-refractivity contribution < 1.29 is 19.4 Å². The van der Waals surface area contributed by atoms with Gasteiger partial charge in [0.15, 0.2) is 0 Å². The van der Waals surface area contributed by atoms with Gasteiger partial charge in [0.05, 0.1) is 19.4 Å². The standard InChI is InChI=1S/C25H33NO4/c1-17(19(3)27)14-21-10-11-24(18(2)25(21)28)30-13-7-6-12-29-22-15-20-8-4-5-9-23(20)26-16-22/h10-11,15-17,28H,4-9,12-14H2,1-3H3. The van der Waals surface area contributed by atoms with Crippen LogP contribution in [0.15, 0.2) is 24.4 Å². The number of ether oxygens (including phenoxy) is 2. The summed E-state index contributed by atoms with van der Waals surface area (Å²) in [5, 5.41) is 10.4. The van der Waals surface area contributed by atoms with E-state index in [4.69, 9.17) is 9.47 Å². The predicted octanol–water partition coefficient (Wildman–Crippen LogP) is 4.98. The summed E-state index contributed by atoms with van der Waals surface area (Å²) in [7, 11) is 0. The topological polar surface area (TPSA) is 68.7 Å². The number of rotatable bonds is 10. The number of hydrogen-bond donors (Lipinski definition) is 1. The Morgan fingerprint density at radius 2 is 1.90 bits per heavy atom. The Kier molecular flexibility index (Phi) is 7.72. The third-order valence-electron chi connectivity index (χ3n) is 5.89. The van der Waals surface area contributed by atoms with E-state index >= 15 is 0 Å². The summed E-state index contributed by atoms with van der Waals surface area (Å²) >= 11 is 0. The van der Waals surface area contributed by atoms with Gasteiger partial charge in [0.1, 0.15) is 23.0 Å². The smallest absolute Gasteiger partial charge is 0.137 e. The molecule has 162 valence electrons. The molecule has 1 aliphatic rings. The number of ketones is 1. The van der Waals surface area contributed by atoms with Gasteiger partial charge in [0.2, 0.25) is 0 Å². The zero-order valence-electron chi connectivity index (χ0n) is 18.4. The van der Waals surface area contributed by atoms with Gasteiger partial charge in [-0.1, -0.05) is 13.0 Å². The Bertz CT molecular complexity index is 878. The maximum atomic E-state index is 11.5. The molecule has 30 heavy (non-hydrogen) atoms. The van der Waals surface area contributed by atoms with E-state index in [9.17, 15) is 9.90 Å². The average molecular weight is 412 g/mol. The summed E-state index contributed by atoms with van der Waals surface area (Å²) in [5.41, 5.74) is 4.06. The number of benzene rings is 1. The molecule has 0 saturated carbocycles. The number of phenols is 1. The van der Waals surface area contributed by atoms with E-state index in [2.05, 4.69) is 11.1 Å². The zero-order chi connectivity index (χ0) is 21.5. The Morgan fingerprint density at radius 3 is 2.67 bits per heavy atom. The molecule has 0 saturated heterocycles. The minimum Gasteiger partial charge on any atom is -0.507 e. The molecule has 1 aliphatic carbocycles. The van der Waals surface area contributed by atoms with Crippen LogP contribution in [0.2, 0.25) is 0 Å². The van der Waals surface area contributed by atoms with Crippen molar-refractivity contribution in [3.63, 3.8) is 0 Å². The molecular weight excluding hydrogens is 378 g/mol. The summed E-state index contributed by atoms with van der Waals surface area (Å²) in [4.78, 5) is 16.0. The van der Waals surface area contributed by atoms with Crippen LogP contribution in [0.4, 0.5) is 0 Å². The fourth-order valence-corrected chi connectivity index (χ4v) is 3.75. The number of carbonyl (C=O) groups excluding carboxylic acids is 1. The number of aromatic nitrogens is 1. The molecule has 1 atom stereocenters. The van der Waals surface area contributed by atoms with Gasteiger partial charge in [0, 0.05) is 17.2 Å². The molecule has 1 N–H and O–H groups in total. The number of pyridine rings is 1. The zero-order valence-corrected chi connectivity index (χ0v) is 18.4. The lowest BCUT2D eigenvalue weighted by Crippen LogP contribution is -2.10. The molecule has 1 aromatic heterocycles. The van der Waals surface area contributed by atoms with Crippen molar-refractivity contribution in [2.24, 2.45) is 5.92 Å². The van der Waals surface area contributed by atoms with Crippen LogP contribution in [0.3, 0.4) is 0 Å². The van der Waals surface area contributed by atoms with Gasteiger partial charge in [-0.05, 0) is 82.1 Å². The van der Waals surface area contributed by atoms with E-state index in [-0.39, 0.29) is 17.5 Å². The molecule has 5 nitrogen and oxygen atoms in total. The summed E-state index contributed by atoms with van der Waals surface area (Å²) < 4.78 is 11.7. The fourth-order valence-electron chi connectivity index (χ4n) is 3.75. The third kappa shape index (κ3) is 5.74. The third-order valence-corrected chi connectivity index (χ3v) is 5.89. The lowest BCUT2D eigenvalue weighted by atomic mass is 9.95. The highest BCUT2D eigenvalue weighted by Gasteiger charge is 2.15. The van der Waals surface area contributed by atoms with Crippen molar-refractivity contribution in [2.45, 2.75) is 65.7 Å². The monoisotopic (exact) mass is 411 g/mol. The number of carbonyl (C=O) groups is 1. The summed E-state index contributed by atoms with van der Waals surface area (Å²) in [6, 6.07) is 5.87. The van der Waals surface area contributed by atoms with E-state index in [1.54, 1.807) is 6.92 Å². The van der Waals surface area contributed by atoms with Crippen LogP contribution in [0, 0.1) is 12.8 Å². The van der Waals surface area contributed by atoms with Crippen LogP contribution in [0.5, 0.6) is 17.2 Å². The number of fused-ring (bicyclic) bond motifs is 1. The van der Waals surface area contributed by atoms with E-state index < -0.39 is 0 Å². The van der Waals surface area contributed by atoms with Crippen molar-refractivity contribution >= 4 is 5.78 Å².